The first-order chi connectivity index (χ1) is 14.7. The number of carbonyl (C=O) groups is 1. The average molecular weight is 392 g/mol. The Bertz CT molecular complexity index is 1220. The molecule has 0 aliphatic carbocycles. The van der Waals surface area contributed by atoms with Crippen molar-refractivity contribution < 1.29 is 4.79 Å². The molecule has 4 rings (SSSR count). The van der Waals surface area contributed by atoms with Gasteiger partial charge in [-0.25, -0.2) is 9.97 Å². The number of rotatable bonds is 5. The molecule has 2 aromatic carbocycles. The first kappa shape index (κ1) is 18.8. The highest BCUT2D eigenvalue weighted by Gasteiger charge is 2.13. The number of pyridine rings is 1. The van der Waals surface area contributed by atoms with Crippen molar-refractivity contribution in [3.05, 3.63) is 96.6 Å². The Kier molecular flexibility index (Phi) is 5.40. The molecule has 7 nitrogen and oxygen atoms in total. The van der Waals surface area contributed by atoms with E-state index in [1.54, 1.807) is 36.7 Å². The summed E-state index contributed by atoms with van der Waals surface area (Å²) in [5.41, 5.74) is 3.91. The van der Waals surface area contributed by atoms with Crippen LogP contribution in [0.3, 0.4) is 0 Å². The van der Waals surface area contributed by atoms with Gasteiger partial charge in [0.05, 0.1) is 23.5 Å². The maximum atomic E-state index is 12.8. The molecule has 2 aromatic heterocycles. The Balaban J connectivity index is 1.54. The molecule has 144 valence electrons. The fourth-order valence-corrected chi connectivity index (χ4v) is 2.85. The van der Waals surface area contributed by atoms with Crippen LogP contribution in [0.15, 0.2) is 85.3 Å². The standard InChI is InChI=1S/C23H16N6O/c24-14-16-6-8-18(9-7-16)27-23-26-13-11-20(29-23)22(30)28-21-15-25-12-10-19(21)17-4-2-1-3-5-17/h1-13,15H,(H,28,30)(H,26,27,29). The van der Waals surface area contributed by atoms with E-state index >= 15 is 0 Å². The van der Waals surface area contributed by atoms with Gasteiger partial charge in [-0.15, -0.1) is 0 Å². The van der Waals surface area contributed by atoms with Crippen LogP contribution in [0, 0.1) is 11.3 Å². The number of benzene rings is 2. The molecule has 2 heterocycles. The summed E-state index contributed by atoms with van der Waals surface area (Å²) in [7, 11) is 0. The number of amides is 1. The molecule has 0 unspecified atom stereocenters. The Morgan fingerprint density at radius 1 is 0.933 bits per heavy atom. The van der Waals surface area contributed by atoms with Crippen LogP contribution in [0.1, 0.15) is 16.1 Å². The summed E-state index contributed by atoms with van der Waals surface area (Å²) in [6.45, 7) is 0. The van der Waals surface area contributed by atoms with Crippen molar-refractivity contribution in [1.29, 1.82) is 5.26 Å². The van der Waals surface area contributed by atoms with E-state index < -0.39 is 0 Å². The van der Waals surface area contributed by atoms with E-state index in [1.807, 2.05) is 36.4 Å². The van der Waals surface area contributed by atoms with Gasteiger partial charge in [0, 0.05) is 23.6 Å². The zero-order valence-corrected chi connectivity index (χ0v) is 15.8. The number of aromatic nitrogens is 3. The van der Waals surface area contributed by atoms with Crippen molar-refractivity contribution in [2.24, 2.45) is 0 Å². The third-order valence-corrected chi connectivity index (χ3v) is 4.31. The van der Waals surface area contributed by atoms with E-state index in [9.17, 15) is 4.79 Å². The van der Waals surface area contributed by atoms with Gasteiger partial charge in [-0.1, -0.05) is 30.3 Å². The molecule has 1 amide bonds. The third kappa shape index (κ3) is 4.29. The molecule has 0 bridgehead atoms. The maximum Gasteiger partial charge on any atom is 0.274 e. The second kappa shape index (κ2) is 8.63. The highest BCUT2D eigenvalue weighted by atomic mass is 16.1. The Labute approximate surface area is 173 Å². The number of nitrogens with zero attached hydrogens (tertiary/aromatic N) is 4. The van der Waals surface area contributed by atoms with Gasteiger partial charge in [0.2, 0.25) is 5.95 Å². The number of hydrogen-bond acceptors (Lipinski definition) is 6. The fraction of sp³-hybridized carbons (Fsp3) is 0. The quantitative estimate of drug-likeness (QED) is 0.521. The zero-order valence-electron chi connectivity index (χ0n) is 15.8. The number of nitriles is 1. The Hall–Kier alpha value is -4.57. The smallest absolute Gasteiger partial charge is 0.274 e. The molecule has 4 aromatic rings. The van der Waals surface area contributed by atoms with Crippen molar-refractivity contribution >= 4 is 23.2 Å². The van der Waals surface area contributed by atoms with E-state index in [4.69, 9.17) is 5.26 Å². The van der Waals surface area contributed by atoms with E-state index in [1.165, 1.54) is 12.3 Å². The summed E-state index contributed by atoms with van der Waals surface area (Å²) in [5, 5.41) is 14.8. The van der Waals surface area contributed by atoms with Crippen molar-refractivity contribution in [2.45, 2.75) is 0 Å². The predicted molar refractivity (Wildman–Crippen MR) is 114 cm³/mol. The van der Waals surface area contributed by atoms with Gasteiger partial charge in [0.15, 0.2) is 0 Å². The highest BCUT2D eigenvalue weighted by molar-refractivity contribution is 6.05. The summed E-state index contributed by atoms with van der Waals surface area (Å²) in [6, 6.07) is 22.1. The largest absolute Gasteiger partial charge is 0.324 e. The van der Waals surface area contributed by atoms with E-state index in [-0.39, 0.29) is 17.5 Å². The normalized spacial score (nSPS) is 10.1. The van der Waals surface area contributed by atoms with Crippen molar-refractivity contribution in [1.82, 2.24) is 15.0 Å². The fourth-order valence-electron chi connectivity index (χ4n) is 2.85. The summed E-state index contributed by atoms with van der Waals surface area (Å²) < 4.78 is 0. The van der Waals surface area contributed by atoms with Crippen molar-refractivity contribution in [3.8, 4) is 17.2 Å². The van der Waals surface area contributed by atoms with Gasteiger partial charge in [-0.05, 0) is 42.0 Å². The molecule has 2 N–H and O–H groups in total. The molecular weight excluding hydrogens is 376 g/mol. The van der Waals surface area contributed by atoms with Crippen LogP contribution in [0.5, 0.6) is 0 Å². The second-order valence-corrected chi connectivity index (χ2v) is 6.32. The molecule has 30 heavy (non-hydrogen) atoms. The first-order valence-corrected chi connectivity index (χ1v) is 9.14. The maximum absolute atomic E-state index is 12.8. The zero-order chi connectivity index (χ0) is 20.8. The van der Waals surface area contributed by atoms with Crippen LogP contribution in [-0.2, 0) is 0 Å². The minimum atomic E-state index is -0.370. The summed E-state index contributed by atoms with van der Waals surface area (Å²) in [6.07, 6.45) is 4.80. The third-order valence-electron chi connectivity index (χ3n) is 4.31. The van der Waals surface area contributed by atoms with Crippen LogP contribution in [0.4, 0.5) is 17.3 Å². The van der Waals surface area contributed by atoms with Crippen LogP contribution in [0.2, 0.25) is 0 Å². The molecule has 0 saturated heterocycles. The monoisotopic (exact) mass is 392 g/mol. The topological polar surface area (TPSA) is 104 Å². The van der Waals surface area contributed by atoms with Gasteiger partial charge < -0.3 is 10.6 Å². The Morgan fingerprint density at radius 3 is 2.50 bits per heavy atom. The van der Waals surface area contributed by atoms with Crippen LogP contribution < -0.4 is 10.6 Å². The number of hydrogen-bond donors (Lipinski definition) is 2. The SMILES string of the molecule is N#Cc1ccc(Nc2nccc(C(=O)Nc3cnccc3-c3ccccc3)n2)cc1. The van der Waals surface area contributed by atoms with E-state index in [0.717, 1.165) is 11.1 Å². The first-order valence-electron chi connectivity index (χ1n) is 9.14. The molecule has 0 saturated carbocycles. The van der Waals surface area contributed by atoms with Gasteiger partial charge in [0.1, 0.15) is 5.69 Å². The Morgan fingerprint density at radius 2 is 1.73 bits per heavy atom. The molecule has 0 aliphatic heterocycles. The predicted octanol–water partition coefficient (Wildman–Crippen LogP) is 4.41. The number of anilines is 3. The molecule has 0 fully saturated rings. The minimum absolute atomic E-state index is 0.212. The lowest BCUT2D eigenvalue weighted by Crippen LogP contribution is -2.15. The second-order valence-electron chi connectivity index (χ2n) is 6.32. The minimum Gasteiger partial charge on any atom is -0.324 e. The lowest BCUT2D eigenvalue weighted by molar-refractivity contribution is 0.102. The lowest BCUT2D eigenvalue weighted by Gasteiger charge is -2.11. The summed E-state index contributed by atoms with van der Waals surface area (Å²) in [4.78, 5) is 25.4. The number of nitrogens with one attached hydrogen (secondary N) is 2. The van der Waals surface area contributed by atoms with Crippen LogP contribution in [-0.4, -0.2) is 20.9 Å². The lowest BCUT2D eigenvalue weighted by atomic mass is 10.1. The van der Waals surface area contributed by atoms with Crippen molar-refractivity contribution in [3.63, 3.8) is 0 Å². The van der Waals surface area contributed by atoms with E-state index in [2.05, 4.69) is 31.7 Å². The van der Waals surface area contributed by atoms with Crippen LogP contribution >= 0.6 is 0 Å². The van der Waals surface area contributed by atoms with Gasteiger partial charge in [-0.2, -0.15) is 5.26 Å². The molecule has 0 atom stereocenters. The van der Waals surface area contributed by atoms with Gasteiger partial charge in [-0.3, -0.25) is 9.78 Å². The average Bonchev–Trinajstić information content (AvgIpc) is 2.81. The summed E-state index contributed by atoms with van der Waals surface area (Å²) >= 11 is 0. The van der Waals surface area contributed by atoms with E-state index in [0.29, 0.717) is 16.9 Å². The molecule has 0 radical (unpaired) electrons. The van der Waals surface area contributed by atoms with Crippen molar-refractivity contribution in [2.75, 3.05) is 10.6 Å². The molecule has 7 heteroatoms. The number of carbonyl (C=O) groups excluding carboxylic acids is 1. The molecular formula is C23H16N6O. The molecule has 0 aliphatic rings. The molecule has 0 spiro atoms. The van der Waals surface area contributed by atoms with Crippen LogP contribution in [0.25, 0.3) is 11.1 Å². The highest BCUT2D eigenvalue weighted by Crippen LogP contribution is 2.27. The van der Waals surface area contributed by atoms with Gasteiger partial charge in [0.25, 0.3) is 5.91 Å². The van der Waals surface area contributed by atoms with Gasteiger partial charge >= 0.3 is 0 Å². The summed E-state index contributed by atoms with van der Waals surface area (Å²) in [5.74, 6) is -0.0905.